The smallest absolute Gasteiger partial charge is 0.225 e. The molecule has 0 aliphatic carbocycles. The van der Waals surface area contributed by atoms with Gasteiger partial charge in [0.05, 0.1) is 9.79 Å². The second-order valence-electron chi connectivity index (χ2n) is 6.23. The van der Waals surface area contributed by atoms with Gasteiger partial charge in [0.1, 0.15) is 0 Å². The van der Waals surface area contributed by atoms with E-state index < -0.39 is 20.0 Å². The molecule has 0 unspecified atom stereocenters. The summed E-state index contributed by atoms with van der Waals surface area (Å²) in [6.07, 6.45) is 0.423. The minimum atomic E-state index is -3.73. The van der Waals surface area contributed by atoms with Crippen LogP contribution in [0.3, 0.4) is 0 Å². The van der Waals surface area contributed by atoms with Gasteiger partial charge in [0.15, 0.2) is 0 Å². The molecule has 3 aromatic carbocycles. The number of primary sulfonamides is 1. The van der Waals surface area contributed by atoms with Crippen LogP contribution in [0.5, 0.6) is 0 Å². The lowest BCUT2D eigenvalue weighted by molar-refractivity contribution is 0.581. The third-order valence-corrected chi connectivity index (χ3v) is 6.64. The van der Waals surface area contributed by atoms with Gasteiger partial charge >= 0.3 is 0 Å². The first-order chi connectivity index (χ1) is 13.3. The molecule has 0 aromatic heterocycles. The van der Waals surface area contributed by atoms with Gasteiger partial charge in [-0.15, -0.1) is 0 Å². The fraction of sp³-hybridized carbons (Fsp3) is 0.100. The van der Waals surface area contributed by atoms with E-state index in [4.69, 9.17) is 5.14 Å². The molecule has 0 saturated carbocycles. The normalized spacial score (nSPS) is 12.0. The van der Waals surface area contributed by atoms with Crippen molar-refractivity contribution in [3.05, 3.63) is 84.4 Å². The van der Waals surface area contributed by atoms with E-state index in [-0.39, 0.29) is 16.3 Å². The van der Waals surface area contributed by atoms with E-state index >= 15 is 0 Å². The first kappa shape index (κ1) is 20.2. The quantitative estimate of drug-likeness (QED) is 0.617. The Hall–Kier alpha value is -2.52. The van der Waals surface area contributed by atoms with Crippen LogP contribution in [0.15, 0.2) is 88.7 Å². The van der Waals surface area contributed by atoms with Crippen molar-refractivity contribution in [2.45, 2.75) is 16.2 Å². The first-order valence-electron chi connectivity index (χ1n) is 8.53. The van der Waals surface area contributed by atoms with Crippen LogP contribution < -0.4 is 9.86 Å². The molecule has 8 heteroatoms. The fourth-order valence-corrected chi connectivity index (χ4v) is 4.26. The molecule has 0 aliphatic rings. The molecule has 28 heavy (non-hydrogen) atoms. The number of nitrogens with one attached hydrogen (secondary N) is 1. The van der Waals surface area contributed by atoms with Crippen molar-refractivity contribution in [3.8, 4) is 11.1 Å². The monoisotopic (exact) mass is 416 g/mol. The molecule has 0 spiro atoms. The minimum Gasteiger partial charge on any atom is -0.225 e. The van der Waals surface area contributed by atoms with Crippen molar-refractivity contribution >= 4 is 20.0 Å². The average Bonchev–Trinajstić information content (AvgIpc) is 2.68. The van der Waals surface area contributed by atoms with Crippen molar-refractivity contribution in [1.29, 1.82) is 0 Å². The Morgan fingerprint density at radius 3 is 1.79 bits per heavy atom. The maximum atomic E-state index is 12.4. The predicted octanol–water partition coefficient (Wildman–Crippen LogP) is 2.52. The molecule has 0 saturated heterocycles. The van der Waals surface area contributed by atoms with Gasteiger partial charge in [-0.25, -0.2) is 26.7 Å². The first-order valence-corrected chi connectivity index (χ1v) is 11.6. The third-order valence-electron chi connectivity index (χ3n) is 4.23. The topological polar surface area (TPSA) is 106 Å². The van der Waals surface area contributed by atoms with Crippen LogP contribution >= 0.6 is 0 Å². The summed E-state index contributed by atoms with van der Waals surface area (Å²) in [6.45, 7) is 0.192. The number of hydrogen-bond donors (Lipinski definition) is 2. The molecule has 0 bridgehead atoms. The maximum Gasteiger partial charge on any atom is 0.240 e. The summed E-state index contributed by atoms with van der Waals surface area (Å²) in [7, 11) is -7.36. The molecule has 0 atom stereocenters. The highest BCUT2D eigenvalue weighted by molar-refractivity contribution is 7.89. The van der Waals surface area contributed by atoms with E-state index in [0.717, 1.165) is 16.7 Å². The van der Waals surface area contributed by atoms with Crippen molar-refractivity contribution < 1.29 is 16.8 Å². The second kappa shape index (κ2) is 8.24. The zero-order valence-corrected chi connectivity index (χ0v) is 16.6. The van der Waals surface area contributed by atoms with E-state index in [0.29, 0.717) is 6.42 Å². The Bertz CT molecular complexity index is 1140. The van der Waals surface area contributed by atoms with E-state index in [1.54, 1.807) is 36.4 Å². The molecule has 0 radical (unpaired) electrons. The Labute approximate surface area is 165 Å². The van der Waals surface area contributed by atoms with E-state index in [1.165, 1.54) is 12.1 Å². The standard InChI is InChI=1S/C20H20N2O4S2/c21-27(23,24)19-10-6-16(7-11-19)14-15-22-28(25,26)20-12-8-18(9-13-20)17-4-2-1-3-5-17/h1-13,22H,14-15H2,(H2,21,23,24). The van der Waals surface area contributed by atoms with E-state index in [1.807, 2.05) is 30.3 Å². The van der Waals surface area contributed by atoms with Gasteiger partial charge in [-0.1, -0.05) is 54.6 Å². The molecule has 0 heterocycles. The van der Waals surface area contributed by atoms with Crippen LogP contribution in [0.4, 0.5) is 0 Å². The molecule has 3 N–H and O–H groups in total. The van der Waals surface area contributed by atoms with Crippen molar-refractivity contribution in [2.75, 3.05) is 6.54 Å². The lowest BCUT2D eigenvalue weighted by Crippen LogP contribution is -2.26. The van der Waals surface area contributed by atoms with Gasteiger partial charge in [-0.3, -0.25) is 0 Å². The molecular formula is C20H20N2O4S2. The summed E-state index contributed by atoms with van der Waals surface area (Å²) in [4.78, 5) is 0.215. The highest BCUT2D eigenvalue weighted by Crippen LogP contribution is 2.21. The van der Waals surface area contributed by atoms with Gasteiger partial charge in [-0.05, 0) is 47.4 Å². The fourth-order valence-electron chi connectivity index (χ4n) is 2.72. The molecule has 3 rings (SSSR count). The number of benzene rings is 3. The SMILES string of the molecule is NS(=O)(=O)c1ccc(CCNS(=O)(=O)c2ccc(-c3ccccc3)cc2)cc1. The molecule has 146 valence electrons. The Balaban J connectivity index is 1.62. The lowest BCUT2D eigenvalue weighted by Gasteiger charge is -2.08. The van der Waals surface area contributed by atoms with Crippen molar-refractivity contribution in [3.63, 3.8) is 0 Å². The zero-order valence-electron chi connectivity index (χ0n) is 14.9. The lowest BCUT2D eigenvalue weighted by atomic mass is 10.1. The van der Waals surface area contributed by atoms with Crippen LogP contribution in [0, 0.1) is 0 Å². The summed E-state index contributed by atoms with van der Waals surface area (Å²) in [5.41, 5.74) is 2.76. The van der Waals surface area contributed by atoms with Crippen LogP contribution in [-0.4, -0.2) is 23.4 Å². The van der Waals surface area contributed by atoms with Crippen LogP contribution in [0.1, 0.15) is 5.56 Å². The zero-order chi connectivity index (χ0) is 20.2. The average molecular weight is 417 g/mol. The van der Waals surface area contributed by atoms with Gasteiger partial charge in [-0.2, -0.15) is 0 Å². The number of hydrogen-bond acceptors (Lipinski definition) is 4. The summed E-state index contributed by atoms with van der Waals surface area (Å²) in [5, 5.41) is 5.06. The van der Waals surface area contributed by atoms with Gasteiger partial charge in [0, 0.05) is 6.54 Å². The Morgan fingerprint density at radius 1 is 0.679 bits per heavy atom. The number of sulfonamides is 2. The third kappa shape index (κ3) is 5.05. The van der Waals surface area contributed by atoms with Crippen LogP contribution in [0.2, 0.25) is 0 Å². The highest BCUT2D eigenvalue weighted by atomic mass is 32.2. The van der Waals surface area contributed by atoms with Gasteiger partial charge < -0.3 is 0 Å². The number of rotatable bonds is 7. The van der Waals surface area contributed by atoms with E-state index in [9.17, 15) is 16.8 Å². The van der Waals surface area contributed by atoms with Crippen LogP contribution in [0.25, 0.3) is 11.1 Å². The summed E-state index contributed by atoms with van der Waals surface area (Å²) in [5.74, 6) is 0. The van der Waals surface area contributed by atoms with Gasteiger partial charge in [0.2, 0.25) is 20.0 Å². The van der Waals surface area contributed by atoms with Crippen LogP contribution in [-0.2, 0) is 26.5 Å². The summed E-state index contributed by atoms with van der Waals surface area (Å²) in [6, 6.07) is 22.4. The Morgan fingerprint density at radius 2 is 1.21 bits per heavy atom. The predicted molar refractivity (Wildman–Crippen MR) is 109 cm³/mol. The Kier molecular flexibility index (Phi) is 5.95. The van der Waals surface area contributed by atoms with Gasteiger partial charge in [0.25, 0.3) is 0 Å². The largest absolute Gasteiger partial charge is 0.240 e. The van der Waals surface area contributed by atoms with Crippen molar-refractivity contribution in [2.24, 2.45) is 5.14 Å². The molecule has 0 amide bonds. The minimum absolute atomic E-state index is 0.0235. The van der Waals surface area contributed by atoms with E-state index in [2.05, 4.69) is 4.72 Å². The van der Waals surface area contributed by atoms with Crippen molar-refractivity contribution in [1.82, 2.24) is 4.72 Å². The summed E-state index contributed by atoms with van der Waals surface area (Å²) < 4.78 is 49.9. The summed E-state index contributed by atoms with van der Waals surface area (Å²) >= 11 is 0. The molecule has 0 aliphatic heterocycles. The molecule has 6 nitrogen and oxygen atoms in total. The second-order valence-corrected chi connectivity index (χ2v) is 9.56. The molecular weight excluding hydrogens is 396 g/mol. The molecule has 3 aromatic rings. The maximum absolute atomic E-state index is 12.4. The number of nitrogens with two attached hydrogens (primary N) is 1. The molecule has 0 fully saturated rings. The highest BCUT2D eigenvalue weighted by Gasteiger charge is 2.13.